The lowest BCUT2D eigenvalue weighted by molar-refractivity contribution is 0.119. The van der Waals surface area contributed by atoms with Crippen LogP contribution in [0, 0.1) is 0 Å². The largest absolute Gasteiger partial charge is 0.486 e. The monoisotopic (exact) mass is 216 g/mol. The van der Waals surface area contributed by atoms with Gasteiger partial charge in [-0.05, 0) is 32.0 Å². The predicted octanol–water partition coefficient (Wildman–Crippen LogP) is 2.35. The minimum Gasteiger partial charge on any atom is -0.486 e. The third-order valence-corrected chi connectivity index (χ3v) is 2.46. The van der Waals surface area contributed by atoms with E-state index in [0.29, 0.717) is 6.54 Å². The predicted molar refractivity (Wildman–Crippen MR) is 65.5 cm³/mol. The van der Waals surface area contributed by atoms with Crippen molar-refractivity contribution in [3.63, 3.8) is 0 Å². The van der Waals surface area contributed by atoms with Crippen LogP contribution < -0.4 is 10.5 Å². The first-order chi connectivity index (χ1) is 7.61. The van der Waals surface area contributed by atoms with E-state index in [1.807, 2.05) is 44.2 Å². The highest BCUT2D eigenvalue weighted by atomic mass is 16.5. The summed E-state index contributed by atoms with van der Waals surface area (Å²) in [5, 5.41) is 1.11. The number of ether oxygens (including phenoxy) is 1. The number of nitrogens with zero attached hydrogens (tertiary/aromatic N) is 1. The summed E-state index contributed by atoms with van der Waals surface area (Å²) in [6, 6.07) is 9.84. The Balaban J connectivity index is 2.33. The minimum absolute atomic E-state index is 0.345. The Morgan fingerprint density at radius 3 is 2.88 bits per heavy atom. The molecule has 16 heavy (non-hydrogen) atoms. The molecule has 3 heteroatoms. The molecule has 0 bridgehead atoms. The molecule has 84 valence electrons. The van der Waals surface area contributed by atoms with Gasteiger partial charge in [-0.2, -0.15) is 0 Å². The van der Waals surface area contributed by atoms with Crippen molar-refractivity contribution in [3.05, 3.63) is 36.5 Å². The van der Waals surface area contributed by atoms with Gasteiger partial charge in [0, 0.05) is 24.2 Å². The van der Waals surface area contributed by atoms with Gasteiger partial charge < -0.3 is 10.5 Å². The fourth-order valence-electron chi connectivity index (χ4n) is 1.47. The van der Waals surface area contributed by atoms with E-state index in [2.05, 4.69) is 4.98 Å². The van der Waals surface area contributed by atoms with Gasteiger partial charge in [-0.3, -0.25) is 4.98 Å². The van der Waals surface area contributed by atoms with E-state index in [1.54, 1.807) is 6.20 Å². The molecule has 0 saturated carbocycles. The molecule has 0 aliphatic carbocycles. The second kappa shape index (κ2) is 4.10. The molecule has 1 aromatic carbocycles. The zero-order valence-electron chi connectivity index (χ0n) is 9.60. The third kappa shape index (κ3) is 2.31. The molecule has 0 amide bonds. The highest BCUT2D eigenvalue weighted by Gasteiger charge is 2.17. The van der Waals surface area contributed by atoms with E-state index < -0.39 is 0 Å². The summed E-state index contributed by atoms with van der Waals surface area (Å²) in [6.45, 7) is 4.42. The average molecular weight is 216 g/mol. The van der Waals surface area contributed by atoms with Gasteiger partial charge in [0.1, 0.15) is 11.4 Å². The van der Waals surface area contributed by atoms with Crippen molar-refractivity contribution in [2.75, 3.05) is 6.54 Å². The number of hydrogen-bond acceptors (Lipinski definition) is 3. The Labute approximate surface area is 95.2 Å². The Morgan fingerprint density at radius 1 is 1.31 bits per heavy atom. The summed E-state index contributed by atoms with van der Waals surface area (Å²) in [7, 11) is 0. The molecule has 0 spiro atoms. The molecule has 2 aromatic rings. The Morgan fingerprint density at radius 2 is 2.12 bits per heavy atom. The van der Waals surface area contributed by atoms with Crippen LogP contribution in [0.25, 0.3) is 10.9 Å². The Kier molecular flexibility index (Phi) is 2.79. The third-order valence-electron chi connectivity index (χ3n) is 2.46. The lowest BCUT2D eigenvalue weighted by Crippen LogP contribution is -2.37. The lowest BCUT2D eigenvalue weighted by atomic mass is 10.1. The molecule has 0 saturated heterocycles. The number of benzene rings is 1. The quantitative estimate of drug-likeness (QED) is 0.856. The molecule has 1 heterocycles. The van der Waals surface area contributed by atoms with Crippen molar-refractivity contribution < 1.29 is 4.74 Å². The van der Waals surface area contributed by atoms with Gasteiger partial charge in [-0.15, -0.1) is 0 Å². The van der Waals surface area contributed by atoms with Crippen molar-refractivity contribution in [2.45, 2.75) is 19.4 Å². The molecule has 0 fully saturated rings. The number of hydrogen-bond donors (Lipinski definition) is 1. The van der Waals surface area contributed by atoms with Crippen LogP contribution in [0.15, 0.2) is 36.5 Å². The zero-order chi connectivity index (χ0) is 11.6. The van der Waals surface area contributed by atoms with Crippen LogP contribution in [-0.2, 0) is 0 Å². The molecule has 0 atom stereocenters. The summed E-state index contributed by atoms with van der Waals surface area (Å²) in [5.74, 6) is 0.807. The minimum atomic E-state index is -0.345. The van der Waals surface area contributed by atoms with Gasteiger partial charge in [0.25, 0.3) is 0 Å². The SMILES string of the molecule is CC(C)(CN)Oc1ccc2cccnc2c1. The van der Waals surface area contributed by atoms with E-state index in [4.69, 9.17) is 10.5 Å². The van der Waals surface area contributed by atoms with Crippen molar-refractivity contribution in [2.24, 2.45) is 5.73 Å². The van der Waals surface area contributed by atoms with Crippen LogP contribution in [-0.4, -0.2) is 17.1 Å². The Bertz CT molecular complexity index is 494. The normalized spacial score (nSPS) is 11.7. The average Bonchev–Trinajstić information content (AvgIpc) is 2.28. The maximum Gasteiger partial charge on any atom is 0.122 e. The molecular formula is C13H16N2O. The van der Waals surface area contributed by atoms with Crippen molar-refractivity contribution in [3.8, 4) is 5.75 Å². The highest BCUT2D eigenvalue weighted by molar-refractivity contribution is 5.79. The van der Waals surface area contributed by atoms with Crippen LogP contribution in [0.4, 0.5) is 0 Å². The topological polar surface area (TPSA) is 48.1 Å². The summed E-state index contributed by atoms with van der Waals surface area (Å²) in [5.41, 5.74) is 6.22. The Hall–Kier alpha value is -1.61. The molecule has 3 nitrogen and oxygen atoms in total. The second-order valence-corrected chi connectivity index (χ2v) is 4.42. The first-order valence-electron chi connectivity index (χ1n) is 5.35. The summed E-state index contributed by atoms with van der Waals surface area (Å²) in [6.07, 6.45) is 1.78. The molecule has 1 aromatic heterocycles. The van der Waals surface area contributed by atoms with Crippen LogP contribution in [0.5, 0.6) is 5.75 Å². The highest BCUT2D eigenvalue weighted by Crippen LogP contribution is 2.22. The lowest BCUT2D eigenvalue weighted by Gasteiger charge is -2.24. The summed E-state index contributed by atoms with van der Waals surface area (Å²) < 4.78 is 5.79. The number of aromatic nitrogens is 1. The number of rotatable bonds is 3. The number of pyridine rings is 1. The van der Waals surface area contributed by atoms with Crippen molar-refractivity contribution in [1.82, 2.24) is 4.98 Å². The summed E-state index contributed by atoms with van der Waals surface area (Å²) >= 11 is 0. The second-order valence-electron chi connectivity index (χ2n) is 4.42. The fraction of sp³-hybridized carbons (Fsp3) is 0.308. The van der Waals surface area contributed by atoms with Crippen LogP contribution in [0.1, 0.15) is 13.8 Å². The first-order valence-corrected chi connectivity index (χ1v) is 5.35. The fourth-order valence-corrected chi connectivity index (χ4v) is 1.47. The maximum absolute atomic E-state index is 5.79. The van der Waals surface area contributed by atoms with Gasteiger partial charge in [0.15, 0.2) is 0 Å². The van der Waals surface area contributed by atoms with Gasteiger partial charge >= 0.3 is 0 Å². The van der Waals surface area contributed by atoms with E-state index in [-0.39, 0.29) is 5.60 Å². The molecule has 0 aliphatic heterocycles. The van der Waals surface area contributed by atoms with E-state index in [1.165, 1.54) is 0 Å². The molecular weight excluding hydrogens is 200 g/mol. The van der Waals surface area contributed by atoms with Gasteiger partial charge in [-0.1, -0.05) is 6.07 Å². The molecule has 2 rings (SSSR count). The van der Waals surface area contributed by atoms with Crippen molar-refractivity contribution >= 4 is 10.9 Å². The van der Waals surface area contributed by atoms with Crippen LogP contribution in [0.3, 0.4) is 0 Å². The van der Waals surface area contributed by atoms with Gasteiger partial charge in [0.05, 0.1) is 5.52 Å². The van der Waals surface area contributed by atoms with E-state index >= 15 is 0 Å². The zero-order valence-corrected chi connectivity index (χ0v) is 9.60. The smallest absolute Gasteiger partial charge is 0.122 e. The molecule has 2 N–H and O–H groups in total. The van der Waals surface area contributed by atoms with Gasteiger partial charge in [0.2, 0.25) is 0 Å². The number of fused-ring (bicyclic) bond motifs is 1. The van der Waals surface area contributed by atoms with Crippen molar-refractivity contribution in [1.29, 1.82) is 0 Å². The molecule has 0 radical (unpaired) electrons. The number of nitrogens with two attached hydrogens (primary N) is 1. The van der Waals surface area contributed by atoms with Crippen LogP contribution in [0.2, 0.25) is 0 Å². The van der Waals surface area contributed by atoms with E-state index in [0.717, 1.165) is 16.7 Å². The van der Waals surface area contributed by atoms with Gasteiger partial charge in [-0.25, -0.2) is 0 Å². The standard InChI is InChI=1S/C13H16N2O/c1-13(2,9-14)16-11-6-5-10-4-3-7-15-12(10)8-11/h3-8H,9,14H2,1-2H3. The van der Waals surface area contributed by atoms with Crippen LogP contribution >= 0.6 is 0 Å². The van der Waals surface area contributed by atoms with E-state index in [9.17, 15) is 0 Å². The maximum atomic E-state index is 5.79. The molecule has 0 aliphatic rings. The summed E-state index contributed by atoms with van der Waals surface area (Å²) in [4.78, 5) is 4.29. The first kappa shape index (κ1) is 10.9. The molecule has 0 unspecified atom stereocenters.